The van der Waals surface area contributed by atoms with Gasteiger partial charge in [-0.1, -0.05) is 18.2 Å². The number of esters is 1. The molecule has 5 nitrogen and oxygen atoms in total. The predicted octanol–water partition coefficient (Wildman–Crippen LogP) is 4.49. The van der Waals surface area contributed by atoms with Gasteiger partial charge in [-0.25, -0.2) is 4.79 Å². The van der Waals surface area contributed by atoms with Crippen LogP contribution in [0.4, 0.5) is 0 Å². The third kappa shape index (κ3) is 2.44. The molecule has 0 unspecified atom stereocenters. The largest absolute Gasteiger partial charge is 3.00 e. The van der Waals surface area contributed by atoms with Gasteiger partial charge in [-0.3, -0.25) is 0 Å². The smallest absolute Gasteiger partial charge is 0.507 e. The number of carbonyl (C=O) groups is 1. The molecule has 0 amide bonds. The fourth-order valence-electron chi connectivity index (χ4n) is 3.71. The van der Waals surface area contributed by atoms with Gasteiger partial charge in [-0.15, -0.1) is 0 Å². The first kappa shape index (κ1) is 19.8. The molecule has 134 valence electrons. The zero-order valence-electron chi connectivity index (χ0n) is 14.1. The third-order valence-corrected chi connectivity index (χ3v) is 6.97. The van der Waals surface area contributed by atoms with E-state index in [0.717, 1.165) is 0 Å². The third-order valence-electron chi connectivity index (χ3n) is 4.89. The number of hydrogen-bond acceptors (Lipinski definition) is 5. The maximum absolute atomic E-state index is 12.7. The second-order valence-electron chi connectivity index (χ2n) is 6.27. The van der Waals surface area contributed by atoms with Crippen LogP contribution in [-0.2, 0) is 10.3 Å². The van der Waals surface area contributed by atoms with Crippen molar-refractivity contribution in [2.45, 2.75) is 5.60 Å². The van der Waals surface area contributed by atoms with Crippen molar-refractivity contribution < 1.29 is 24.5 Å². The molecule has 1 spiro atoms. The van der Waals surface area contributed by atoms with Crippen molar-refractivity contribution in [3.63, 3.8) is 0 Å². The molecule has 5 rings (SSSR count). The molecule has 0 saturated heterocycles. The first-order valence-corrected chi connectivity index (χ1v) is 10.2. The van der Waals surface area contributed by atoms with E-state index in [4.69, 9.17) is 9.47 Å². The summed E-state index contributed by atoms with van der Waals surface area (Å²) in [7, 11) is 0. The van der Waals surface area contributed by atoms with Crippen LogP contribution in [-0.4, -0.2) is 33.5 Å². The molecule has 2 heterocycles. The Morgan fingerprint density at radius 2 is 1.32 bits per heavy atom. The van der Waals surface area contributed by atoms with Gasteiger partial charge < -0.3 is 19.7 Å². The zero-order valence-corrected chi connectivity index (χ0v) is 19.5. The minimum Gasteiger partial charge on any atom is -0.507 e. The summed E-state index contributed by atoms with van der Waals surface area (Å²) in [5.74, 6) is 0.546. The number of phenols is 2. The van der Waals surface area contributed by atoms with E-state index in [-0.39, 0.29) is 28.9 Å². The van der Waals surface area contributed by atoms with Crippen LogP contribution < -0.4 is 4.74 Å². The van der Waals surface area contributed by atoms with Crippen LogP contribution in [0.15, 0.2) is 48.5 Å². The molecule has 0 atom stereocenters. The van der Waals surface area contributed by atoms with Crippen LogP contribution in [0.1, 0.15) is 27.0 Å². The van der Waals surface area contributed by atoms with Crippen LogP contribution >= 0.6 is 45.2 Å². The standard InChI is InChI=1S/C20H10I2O5.Al/c21-15-13(23)7-5-11-17(15)26-18-12(6-8-14(24)16(18)22)20(11)10-4-2-1-3-9(10)19(25)27-20;/h1-8,23-24H;/q;+3. The molecule has 3 aromatic carbocycles. The van der Waals surface area contributed by atoms with Crippen molar-refractivity contribution in [2.24, 2.45) is 0 Å². The second-order valence-corrected chi connectivity index (χ2v) is 8.43. The van der Waals surface area contributed by atoms with Gasteiger partial charge in [0, 0.05) is 16.7 Å². The van der Waals surface area contributed by atoms with Crippen LogP contribution in [0.2, 0.25) is 0 Å². The summed E-state index contributed by atoms with van der Waals surface area (Å²) in [6.07, 6.45) is 0. The van der Waals surface area contributed by atoms with Crippen LogP contribution in [0.3, 0.4) is 0 Å². The number of hydrogen-bond donors (Lipinski definition) is 2. The Kier molecular flexibility index (Phi) is 4.81. The van der Waals surface area contributed by atoms with Crippen molar-refractivity contribution in [3.05, 3.63) is 77.9 Å². The van der Waals surface area contributed by atoms with Gasteiger partial charge in [0.05, 0.1) is 12.7 Å². The number of benzene rings is 3. The van der Waals surface area contributed by atoms with E-state index in [1.54, 1.807) is 36.4 Å². The maximum Gasteiger partial charge on any atom is 3.00 e. The SMILES string of the molecule is O=C1OC2(c3ccccc31)c1ccc(O)c(I)c1Oc1c2ccc(O)c1I.[Al+3]. The van der Waals surface area contributed by atoms with Gasteiger partial charge in [0.25, 0.3) is 0 Å². The topological polar surface area (TPSA) is 76.0 Å². The number of phenolic OH excluding ortho intramolecular Hbond substituents is 2. The molecule has 0 radical (unpaired) electrons. The molecule has 8 heteroatoms. The van der Waals surface area contributed by atoms with E-state index in [1.165, 1.54) is 0 Å². The van der Waals surface area contributed by atoms with Gasteiger partial charge in [0.1, 0.15) is 11.5 Å². The Hall–Kier alpha value is -1.48. The second kappa shape index (κ2) is 6.80. The fraction of sp³-hybridized carbons (Fsp3) is 0.0500. The molecule has 2 N–H and O–H groups in total. The monoisotopic (exact) mass is 611 g/mol. The van der Waals surface area contributed by atoms with E-state index < -0.39 is 11.6 Å². The summed E-state index contributed by atoms with van der Waals surface area (Å²) in [5.41, 5.74) is 1.28. The van der Waals surface area contributed by atoms with Crippen LogP contribution in [0.25, 0.3) is 0 Å². The molecule has 3 aromatic rings. The zero-order chi connectivity index (χ0) is 18.9. The fourth-order valence-corrected chi connectivity index (χ4v) is 4.87. The minimum atomic E-state index is -1.20. The number of fused-ring (bicyclic) bond motifs is 6. The van der Waals surface area contributed by atoms with Gasteiger partial charge in [0.2, 0.25) is 0 Å². The number of ether oxygens (including phenoxy) is 2. The van der Waals surface area contributed by atoms with E-state index in [0.29, 0.717) is 40.9 Å². The summed E-state index contributed by atoms with van der Waals surface area (Å²) in [6.45, 7) is 0. The van der Waals surface area contributed by atoms with E-state index in [1.807, 2.05) is 57.3 Å². The molecule has 0 saturated carbocycles. The summed E-state index contributed by atoms with van der Waals surface area (Å²) in [6, 6.07) is 13.8. The van der Waals surface area contributed by atoms with Gasteiger partial charge in [0.15, 0.2) is 17.1 Å². The van der Waals surface area contributed by atoms with Crippen LogP contribution in [0.5, 0.6) is 23.0 Å². The molecule has 2 aliphatic heterocycles. The molecular formula is C20H10AlI2O5+3. The van der Waals surface area contributed by atoms with Crippen molar-refractivity contribution >= 4 is 68.5 Å². The summed E-state index contributed by atoms with van der Waals surface area (Å²) in [5, 5.41) is 20.4. The van der Waals surface area contributed by atoms with E-state index >= 15 is 0 Å². The molecule has 28 heavy (non-hydrogen) atoms. The van der Waals surface area contributed by atoms with Gasteiger partial charge in [-0.05, 0) is 75.5 Å². The Bertz CT molecular complexity index is 1100. The molecule has 0 aromatic heterocycles. The predicted molar refractivity (Wildman–Crippen MR) is 119 cm³/mol. The van der Waals surface area contributed by atoms with Crippen LogP contribution in [0, 0.1) is 7.14 Å². The molecular weight excluding hydrogens is 601 g/mol. The Morgan fingerprint density at radius 1 is 0.786 bits per heavy atom. The quantitative estimate of drug-likeness (QED) is 0.223. The minimum absolute atomic E-state index is 0. The summed E-state index contributed by atoms with van der Waals surface area (Å²) in [4.78, 5) is 12.7. The molecule has 0 bridgehead atoms. The number of rotatable bonds is 0. The number of aromatic hydroxyl groups is 2. The van der Waals surface area contributed by atoms with Crippen molar-refractivity contribution in [3.8, 4) is 23.0 Å². The van der Waals surface area contributed by atoms with Gasteiger partial charge in [-0.2, -0.15) is 0 Å². The average Bonchev–Trinajstić information content (AvgIpc) is 2.96. The maximum atomic E-state index is 12.7. The number of carbonyl (C=O) groups excluding carboxylic acids is 1. The van der Waals surface area contributed by atoms with Crippen molar-refractivity contribution in [1.29, 1.82) is 0 Å². The summed E-state index contributed by atoms with van der Waals surface area (Å²) < 4.78 is 13.1. The number of halogens is 2. The first-order valence-electron chi connectivity index (χ1n) is 7.99. The average molecular weight is 611 g/mol. The van der Waals surface area contributed by atoms with E-state index in [9.17, 15) is 15.0 Å². The van der Waals surface area contributed by atoms with Gasteiger partial charge >= 0.3 is 23.3 Å². The Labute approximate surface area is 198 Å². The Balaban J connectivity index is 0.00000192. The first-order chi connectivity index (χ1) is 12.9. The molecule has 0 aliphatic carbocycles. The van der Waals surface area contributed by atoms with Crippen molar-refractivity contribution in [1.82, 2.24) is 0 Å². The van der Waals surface area contributed by atoms with E-state index in [2.05, 4.69) is 0 Å². The van der Waals surface area contributed by atoms with Crippen molar-refractivity contribution in [2.75, 3.05) is 0 Å². The Morgan fingerprint density at radius 3 is 1.89 bits per heavy atom. The molecule has 0 fully saturated rings. The molecule has 2 aliphatic rings. The summed E-state index contributed by atoms with van der Waals surface area (Å²) >= 11 is 4.00. The normalized spacial score (nSPS) is 15.0.